The zero-order chi connectivity index (χ0) is 14.5. The second-order valence-corrected chi connectivity index (χ2v) is 5.08. The van der Waals surface area contributed by atoms with Gasteiger partial charge in [0.25, 0.3) is 0 Å². The van der Waals surface area contributed by atoms with Gasteiger partial charge in [0.15, 0.2) is 5.82 Å². The fourth-order valence-corrected chi connectivity index (χ4v) is 2.54. The second-order valence-electron chi connectivity index (χ2n) is 4.30. The van der Waals surface area contributed by atoms with Crippen LogP contribution in [0.4, 0.5) is 11.5 Å². The zero-order valence-corrected chi connectivity index (χ0v) is 12.3. The van der Waals surface area contributed by atoms with Gasteiger partial charge < -0.3 is 15.4 Å². The van der Waals surface area contributed by atoms with E-state index in [0.29, 0.717) is 30.2 Å². The number of carbonyl (C=O) groups is 1. The molecule has 0 saturated carbocycles. The van der Waals surface area contributed by atoms with Gasteiger partial charge in [-0.05, 0) is 35.4 Å². The number of pyridine rings is 1. The predicted octanol–water partition coefficient (Wildman–Crippen LogP) is 2.54. The molecule has 0 amide bonds. The van der Waals surface area contributed by atoms with E-state index in [-0.39, 0.29) is 0 Å². The summed E-state index contributed by atoms with van der Waals surface area (Å²) in [6.45, 7) is 2.77. The van der Waals surface area contributed by atoms with Gasteiger partial charge in [0.1, 0.15) is 0 Å². The minimum Gasteiger partial charge on any atom is -0.462 e. The molecule has 5 nitrogen and oxygen atoms in total. The lowest BCUT2D eigenvalue weighted by molar-refractivity contribution is 0.0527. The molecule has 106 valence electrons. The highest BCUT2D eigenvalue weighted by Crippen LogP contribution is 2.25. The van der Waals surface area contributed by atoms with Crippen LogP contribution in [0.2, 0.25) is 0 Å². The molecule has 6 heteroatoms. The third kappa shape index (κ3) is 3.08. The van der Waals surface area contributed by atoms with Crippen LogP contribution in [0.5, 0.6) is 0 Å². The highest BCUT2D eigenvalue weighted by atomic mass is 32.1. The average molecular weight is 291 g/mol. The number of nitrogens with zero attached hydrogens (tertiary/aromatic N) is 2. The molecule has 0 atom stereocenters. The van der Waals surface area contributed by atoms with Crippen LogP contribution in [0.1, 0.15) is 22.8 Å². The van der Waals surface area contributed by atoms with E-state index in [1.54, 1.807) is 30.5 Å². The van der Waals surface area contributed by atoms with Gasteiger partial charge in [0, 0.05) is 19.8 Å². The van der Waals surface area contributed by atoms with Crippen LogP contribution < -0.4 is 10.6 Å². The number of rotatable bonds is 5. The molecule has 0 radical (unpaired) electrons. The monoisotopic (exact) mass is 291 g/mol. The summed E-state index contributed by atoms with van der Waals surface area (Å²) in [7, 11) is 1.89. The van der Waals surface area contributed by atoms with Crippen LogP contribution in [0, 0.1) is 0 Å². The standard InChI is InChI=1S/C14H17N3O2S/c1-3-19-14(18)11-4-6-16-13(12(11)15)17(2)8-10-5-7-20-9-10/h4-7,9H,3,8,15H2,1-2H3. The topological polar surface area (TPSA) is 68.5 Å². The average Bonchev–Trinajstić information content (AvgIpc) is 2.92. The van der Waals surface area contributed by atoms with Gasteiger partial charge in [-0.15, -0.1) is 0 Å². The Bertz CT molecular complexity index is 584. The lowest BCUT2D eigenvalue weighted by atomic mass is 10.2. The number of aromatic nitrogens is 1. The highest BCUT2D eigenvalue weighted by Gasteiger charge is 2.17. The molecule has 0 spiro atoms. The number of hydrogen-bond acceptors (Lipinski definition) is 6. The van der Waals surface area contributed by atoms with Gasteiger partial charge in [-0.3, -0.25) is 0 Å². The molecule has 2 rings (SSSR count). The van der Waals surface area contributed by atoms with Crippen molar-refractivity contribution in [1.82, 2.24) is 4.98 Å². The molecule has 2 N–H and O–H groups in total. The van der Waals surface area contributed by atoms with Crippen LogP contribution in [0.15, 0.2) is 29.1 Å². The molecule has 2 heterocycles. The lowest BCUT2D eigenvalue weighted by Crippen LogP contribution is -2.20. The summed E-state index contributed by atoms with van der Waals surface area (Å²) >= 11 is 1.64. The van der Waals surface area contributed by atoms with Gasteiger partial charge in [-0.25, -0.2) is 9.78 Å². The molecule has 0 fully saturated rings. The summed E-state index contributed by atoms with van der Waals surface area (Å²) in [6.07, 6.45) is 1.57. The molecular weight excluding hydrogens is 274 g/mol. The number of ether oxygens (including phenoxy) is 1. The fourth-order valence-electron chi connectivity index (χ4n) is 1.88. The van der Waals surface area contributed by atoms with E-state index in [2.05, 4.69) is 10.4 Å². The van der Waals surface area contributed by atoms with Gasteiger partial charge >= 0.3 is 5.97 Å². The van der Waals surface area contributed by atoms with Crippen LogP contribution in [0.3, 0.4) is 0 Å². The molecule has 20 heavy (non-hydrogen) atoms. The molecular formula is C14H17N3O2S. The first-order chi connectivity index (χ1) is 9.63. The Morgan fingerprint density at radius 2 is 2.30 bits per heavy atom. The minimum atomic E-state index is -0.419. The zero-order valence-electron chi connectivity index (χ0n) is 11.5. The fraction of sp³-hybridized carbons (Fsp3) is 0.286. The number of thiophene rings is 1. The highest BCUT2D eigenvalue weighted by molar-refractivity contribution is 7.07. The van der Waals surface area contributed by atoms with E-state index in [0.717, 1.165) is 0 Å². The van der Waals surface area contributed by atoms with Gasteiger partial charge in [0.05, 0.1) is 17.9 Å². The second kappa shape index (κ2) is 6.38. The van der Waals surface area contributed by atoms with Crippen molar-refractivity contribution in [2.24, 2.45) is 0 Å². The van der Waals surface area contributed by atoms with Gasteiger partial charge in [0.2, 0.25) is 0 Å². The SMILES string of the molecule is CCOC(=O)c1ccnc(N(C)Cc2ccsc2)c1N. The van der Waals surface area contributed by atoms with E-state index in [4.69, 9.17) is 10.5 Å². The van der Waals surface area contributed by atoms with E-state index in [1.165, 1.54) is 5.56 Å². The van der Waals surface area contributed by atoms with Crippen molar-refractivity contribution >= 4 is 28.8 Å². The maximum absolute atomic E-state index is 11.8. The normalized spacial score (nSPS) is 10.3. The maximum Gasteiger partial charge on any atom is 0.340 e. The number of nitrogen functional groups attached to an aromatic ring is 1. The first-order valence-electron chi connectivity index (χ1n) is 6.27. The Labute approximate surface area is 122 Å². The quantitative estimate of drug-likeness (QED) is 0.857. The molecule has 0 saturated heterocycles. The number of nitrogens with two attached hydrogens (primary N) is 1. The van der Waals surface area contributed by atoms with Crippen LogP contribution in [-0.4, -0.2) is 24.6 Å². The summed E-state index contributed by atoms with van der Waals surface area (Å²) in [5.41, 5.74) is 7.93. The Kier molecular flexibility index (Phi) is 4.57. The van der Waals surface area contributed by atoms with Crippen molar-refractivity contribution < 1.29 is 9.53 Å². The van der Waals surface area contributed by atoms with Gasteiger partial charge in [-0.1, -0.05) is 0 Å². The molecule has 0 bridgehead atoms. The predicted molar refractivity (Wildman–Crippen MR) is 81.0 cm³/mol. The largest absolute Gasteiger partial charge is 0.462 e. The van der Waals surface area contributed by atoms with E-state index in [9.17, 15) is 4.79 Å². The smallest absolute Gasteiger partial charge is 0.340 e. The van der Waals surface area contributed by atoms with E-state index < -0.39 is 5.97 Å². The summed E-state index contributed by atoms with van der Waals surface area (Å²) in [5, 5.41) is 4.09. The van der Waals surface area contributed by atoms with Crippen molar-refractivity contribution in [3.63, 3.8) is 0 Å². The van der Waals surface area contributed by atoms with Crippen LogP contribution in [0.25, 0.3) is 0 Å². The molecule has 0 aliphatic rings. The first kappa shape index (κ1) is 14.3. The first-order valence-corrected chi connectivity index (χ1v) is 7.21. The summed E-state index contributed by atoms with van der Waals surface area (Å²) in [5.74, 6) is 0.166. The Hall–Kier alpha value is -2.08. The molecule has 0 unspecified atom stereocenters. The molecule has 2 aromatic rings. The summed E-state index contributed by atoms with van der Waals surface area (Å²) < 4.78 is 4.99. The molecule has 0 aliphatic carbocycles. The summed E-state index contributed by atoms with van der Waals surface area (Å²) in [6, 6.07) is 3.63. The van der Waals surface area contributed by atoms with E-state index in [1.807, 2.05) is 23.4 Å². The maximum atomic E-state index is 11.8. The van der Waals surface area contributed by atoms with Crippen LogP contribution >= 0.6 is 11.3 Å². The Morgan fingerprint density at radius 3 is 2.95 bits per heavy atom. The number of anilines is 2. The number of esters is 1. The van der Waals surface area contributed by atoms with Gasteiger partial charge in [-0.2, -0.15) is 11.3 Å². The third-order valence-electron chi connectivity index (χ3n) is 2.83. The Morgan fingerprint density at radius 1 is 1.50 bits per heavy atom. The van der Waals surface area contributed by atoms with Crippen molar-refractivity contribution in [3.05, 3.63) is 40.2 Å². The summed E-state index contributed by atoms with van der Waals surface area (Å²) in [4.78, 5) is 18.0. The van der Waals surface area contributed by atoms with Crippen LogP contribution in [-0.2, 0) is 11.3 Å². The van der Waals surface area contributed by atoms with Crippen molar-refractivity contribution in [3.8, 4) is 0 Å². The molecule has 0 aromatic carbocycles. The van der Waals surface area contributed by atoms with Crippen molar-refractivity contribution in [2.75, 3.05) is 24.3 Å². The van der Waals surface area contributed by atoms with Crippen molar-refractivity contribution in [1.29, 1.82) is 0 Å². The lowest BCUT2D eigenvalue weighted by Gasteiger charge is -2.20. The minimum absolute atomic E-state index is 0.320. The Balaban J connectivity index is 2.23. The third-order valence-corrected chi connectivity index (χ3v) is 3.56. The number of hydrogen-bond donors (Lipinski definition) is 1. The number of carbonyl (C=O) groups excluding carboxylic acids is 1. The van der Waals surface area contributed by atoms with Crippen molar-refractivity contribution in [2.45, 2.75) is 13.5 Å². The molecule has 0 aliphatic heterocycles. The van der Waals surface area contributed by atoms with E-state index >= 15 is 0 Å². The molecule has 2 aromatic heterocycles.